The zero-order chi connectivity index (χ0) is 15.6. The van der Waals surface area contributed by atoms with Crippen molar-refractivity contribution in [3.63, 3.8) is 0 Å². The van der Waals surface area contributed by atoms with E-state index in [1.807, 2.05) is 20.8 Å². The molecule has 4 nitrogen and oxygen atoms in total. The van der Waals surface area contributed by atoms with Crippen molar-refractivity contribution in [2.45, 2.75) is 51.7 Å². The fourth-order valence-corrected chi connectivity index (χ4v) is 2.69. The second-order valence-electron chi connectivity index (χ2n) is 6.99. The molecule has 4 heteroatoms. The molecule has 1 amide bonds. The summed E-state index contributed by atoms with van der Waals surface area (Å²) >= 11 is 0. The van der Waals surface area contributed by atoms with Gasteiger partial charge in [0.25, 0.3) is 0 Å². The van der Waals surface area contributed by atoms with E-state index in [0.29, 0.717) is 13.1 Å². The third-order valence-corrected chi connectivity index (χ3v) is 3.68. The second-order valence-corrected chi connectivity index (χ2v) is 6.99. The predicted octanol–water partition coefficient (Wildman–Crippen LogP) is 3.05. The number of ether oxygens (including phenoxy) is 1. The van der Waals surface area contributed by atoms with Gasteiger partial charge in [-0.05, 0) is 39.7 Å². The van der Waals surface area contributed by atoms with Crippen molar-refractivity contribution < 1.29 is 9.53 Å². The Balaban J connectivity index is 2.08. The molecule has 0 bridgehead atoms. The van der Waals surface area contributed by atoms with Gasteiger partial charge in [-0.2, -0.15) is 0 Å². The van der Waals surface area contributed by atoms with Crippen molar-refractivity contribution in [3.8, 4) is 0 Å². The normalized spacial score (nSPS) is 23.0. The van der Waals surface area contributed by atoms with Crippen molar-refractivity contribution in [3.05, 3.63) is 35.4 Å². The number of amides is 1. The van der Waals surface area contributed by atoms with Crippen LogP contribution in [-0.2, 0) is 4.74 Å². The summed E-state index contributed by atoms with van der Waals surface area (Å²) in [7, 11) is 0. The lowest BCUT2D eigenvalue weighted by molar-refractivity contribution is 0.0181. The SMILES string of the molecule is Cc1ccc([C@@H]2C[C@@H](N)CN(C(=O)OC(C)(C)C)C2)cc1. The second kappa shape index (κ2) is 6.06. The van der Waals surface area contributed by atoms with Gasteiger partial charge in [0.1, 0.15) is 5.60 Å². The van der Waals surface area contributed by atoms with Crippen molar-refractivity contribution >= 4 is 6.09 Å². The minimum Gasteiger partial charge on any atom is -0.444 e. The van der Waals surface area contributed by atoms with Crippen LogP contribution in [0.25, 0.3) is 0 Å². The van der Waals surface area contributed by atoms with E-state index < -0.39 is 5.60 Å². The number of hydrogen-bond acceptors (Lipinski definition) is 3. The number of nitrogens with two attached hydrogens (primary N) is 1. The van der Waals surface area contributed by atoms with E-state index in [0.717, 1.165) is 6.42 Å². The molecular weight excluding hydrogens is 264 g/mol. The maximum atomic E-state index is 12.2. The molecule has 0 unspecified atom stereocenters. The first-order chi connectivity index (χ1) is 9.74. The maximum Gasteiger partial charge on any atom is 0.410 e. The minimum absolute atomic E-state index is 0.00225. The zero-order valence-electron chi connectivity index (χ0n) is 13.4. The van der Waals surface area contributed by atoms with Gasteiger partial charge < -0.3 is 15.4 Å². The van der Waals surface area contributed by atoms with Crippen molar-refractivity contribution in [2.75, 3.05) is 13.1 Å². The highest BCUT2D eigenvalue weighted by molar-refractivity contribution is 5.68. The maximum absolute atomic E-state index is 12.2. The highest BCUT2D eigenvalue weighted by atomic mass is 16.6. The van der Waals surface area contributed by atoms with E-state index in [2.05, 4.69) is 31.2 Å². The molecule has 1 aromatic rings. The van der Waals surface area contributed by atoms with Crippen LogP contribution in [0.1, 0.15) is 44.2 Å². The fourth-order valence-electron chi connectivity index (χ4n) is 2.69. The monoisotopic (exact) mass is 290 g/mol. The van der Waals surface area contributed by atoms with Gasteiger partial charge in [0.05, 0.1) is 0 Å². The Morgan fingerprint density at radius 3 is 2.43 bits per heavy atom. The molecule has 1 aliphatic rings. The largest absolute Gasteiger partial charge is 0.444 e. The van der Waals surface area contributed by atoms with Crippen molar-refractivity contribution in [1.29, 1.82) is 0 Å². The number of carbonyl (C=O) groups is 1. The molecule has 1 heterocycles. The molecular formula is C17H26N2O2. The van der Waals surface area contributed by atoms with Crippen molar-refractivity contribution in [2.24, 2.45) is 5.73 Å². The van der Waals surface area contributed by atoms with Gasteiger partial charge in [-0.1, -0.05) is 29.8 Å². The first-order valence-corrected chi connectivity index (χ1v) is 7.54. The summed E-state index contributed by atoms with van der Waals surface area (Å²) in [6.07, 6.45) is 0.636. The van der Waals surface area contributed by atoms with E-state index in [4.69, 9.17) is 10.5 Å². The summed E-state index contributed by atoms with van der Waals surface area (Å²) in [6, 6.07) is 8.47. The smallest absolute Gasteiger partial charge is 0.410 e. The van der Waals surface area contributed by atoms with E-state index in [1.54, 1.807) is 4.90 Å². The predicted molar refractivity (Wildman–Crippen MR) is 84.3 cm³/mol. The molecule has 1 fully saturated rings. The first-order valence-electron chi connectivity index (χ1n) is 7.54. The van der Waals surface area contributed by atoms with Crippen LogP contribution in [0.4, 0.5) is 4.79 Å². The van der Waals surface area contributed by atoms with Crippen LogP contribution in [0, 0.1) is 6.92 Å². The molecule has 116 valence electrons. The molecule has 2 atom stereocenters. The van der Waals surface area contributed by atoms with Crippen LogP contribution in [0.2, 0.25) is 0 Å². The molecule has 21 heavy (non-hydrogen) atoms. The molecule has 1 aromatic carbocycles. The van der Waals surface area contributed by atoms with Gasteiger partial charge in [0.2, 0.25) is 0 Å². The van der Waals surface area contributed by atoms with Crippen molar-refractivity contribution in [1.82, 2.24) is 4.90 Å². The summed E-state index contributed by atoms with van der Waals surface area (Å²) in [5, 5.41) is 0. The van der Waals surface area contributed by atoms with Crippen LogP contribution in [0.15, 0.2) is 24.3 Å². The Morgan fingerprint density at radius 2 is 1.86 bits per heavy atom. The molecule has 2 rings (SSSR count). The molecule has 1 aliphatic heterocycles. The molecule has 0 aliphatic carbocycles. The van der Waals surface area contributed by atoms with Gasteiger partial charge in [0.15, 0.2) is 0 Å². The molecule has 0 spiro atoms. The summed E-state index contributed by atoms with van der Waals surface area (Å²) in [4.78, 5) is 14.0. The average Bonchev–Trinajstić information content (AvgIpc) is 2.36. The van der Waals surface area contributed by atoms with Crippen LogP contribution >= 0.6 is 0 Å². The van der Waals surface area contributed by atoms with Gasteiger partial charge in [-0.15, -0.1) is 0 Å². The number of carbonyl (C=O) groups excluding carboxylic acids is 1. The minimum atomic E-state index is -0.474. The third-order valence-electron chi connectivity index (χ3n) is 3.68. The lowest BCUT2D eigenvalue weighted by atomic mass is 9.88. The quantitative estimate of drug-likeness (QED) is 0.865. The first kappa shape index (κ1) is 15.8. The Hall–Kier alpha value is -1.55. The molecule has 1 saturated heterocycles. The average molecular weight is 290 g/mol. The Morgan fingerprint density at radius 1 is 1.24 bits per heavy atom. The highest BCUT2D eigenvalue weighted by Crippen LogP contribution is 2.27. The van der Waals surface area contributed by atoms with Crippen LogP contribution in [0.5, 0.6) is 0 Å². The van der Waals surface area contributed by atoms with Gasteiger partial charge in [-0.25, -0.2) is 4.79 Å². The van der Waals surface area contributed by atoms with Gasteiger partial charge in [-0.3, -0.25) is 0 Å². The number of hydrogen-bond donors (Lipinski definition) is 1. The van der Waals surface area contributed by atoms with Crippen LogP contribution < -0.4 is 5.73 Å². The fraction of sp³-hybridized carbons (Fsp3) is 0.588. The van der Waals surface area contributed by atoms with E-state index >= 15 is 0 Å². The summed E-state index contributed by atoms with van der Waals surface area (Å²) in [5.74, 6) is 0.280. The van der Waals surface area contributed by atoms with Crippen LogP contribution in [0.3, 0.4) is 0 Å². The molecule has 0 aromatic heterocycles. The number of nitrogens with zero attached hydrogens (tertiary/aromatic N) is 1. The topological polar surface area (TPSA) is 55.6 Å². The third kappa shape index (κ3) is 4.46. The number of rotatable bonds is 1. The summed E-state index contributed by atoms with van der Waals surface area (Å²) in [5.41, 5.74) is 8.14. The zero-order valence-corrected chi connectivity index (χ0v) is 13.4. The standard InChI is InChI=1S/C17H26N2O2/c1-12-5-7-13(8-6-12)14-9-15(18)11-19(10-14)16(20)21-17(2,3)4/h5-8,14-15H,9-11,18H2,1-4H3/t14-,15-/m1/s1. The van der Waals surface area contributed by atoms with Gasteiger partial charge >= 0.3 is 6.09 Å². The Labute approximate surface area is 127 Å². The molecule has 0 saturated carbocycles. The number of piperidine rings is 1. The number of aryl methyl sites for hydroxylation is 1. The van der Waals surface area contributed by atoms with E-state index in [1.165, 1.54) is 11.1 Å². The van der Waals surface area contributed by atoms with E-state index in [9.17, 15) is 4.79 Å². The summed E-state index contributed by atoms with van der Waals surface area (Å²) in [6.45, 7) is 8.96. The summed E-state index contributed by atoms with van der Waals surface area (Å²) < 4.78 is 5.46. The highest BCUT2D eigenvalue weighted by Gasteiger charge is 2.31. The Bertz CT molecular complexity index is 491. The Kier molecular flexibility index (Phi) is 4.57. The van der Waals surface area contributed by atoms with Crippen LogP contribution in [-0.4, -0.2) is 35.7 Å². The lowest BCUT2D eigenvalue weighted by Gasteiger charge is -2.37. The molecule has 2 N–H and O–H groups in total. The van der Waals surface area contributed by atoms with Gasteiger partial charge in [0, 0.05) is 25.0 Å². The molecule has 0 radical (unpaired) electrons. The van der Waals surface area contributed by atoms with E-state index in [-0.39, 0.29) is 18.1 Å². The number of likely N-dealkylation sites (tertiary alicyclic amines) is 1. The lowest BCUT2D eigenvalue weighted by Crippen LogP contribution is -2.50. The number of benzene rings is 1.